The Morgan fingerprint density at radius 2 is 1.57 bits per heavy atom. The molecule has 0 saturated carbocycles. The van der Waals surface area contributed by atoms with Crippen LogP contribution >= 0.6 is 0 Å². The molecule has 9 nitrogen and oxygen atoms in total. The van der Waals surface area contributed by atoms with Gasteiger partial charge in [0.25, 0.3) is 5.91 Å². The first-order valence-corrected chi connectivity index (χ1v) is 10.8. The molecule has 0 saturated heterocycles. The summed E-state index contributed by atoms with van der Waals surface area (Å²) in [5, 5.41) is 11.2. The van der Waals surface area contributed by atoms with Crippen LogP contribution in [0.15, 0.2) is 59.5 Å². The Bertz CT molecular complexity index is 962. The SMILES string of the molecule is CC(C)C(N)C(=O)N[C@@H](CS(=O)(=O)c1ccc(Oc2ccccc2)cc1)C(=O)NO. The summed E-state index contributed by atoms with van der Waals surface area (Å²) >= 11 is 0. The summed E-state index contributed by atoms with van der Waals surface area (Å²) in [6, 6.07) is 12.2. The van der Waals surface area contributed by atoms with Gasteiger partial charge < -0.3 is 15.8 Å². The number of carbonyl (C=O) groups excluding carboxylic acids is 2. The second-order valence-corrected chi connectivity index (χ2v) is 9.01. The molecule has 2 aromatic carbocycles. The number of benzene rings is 2. The van der Waals surface area contributed by atoms with E-state index in [9.17, 15) is 18.0 Å². The molecule has 30 heavy (non-hydrogen) atoms. The van der Waals surface area contributed by atoms with Gasteiger partial charge in [0.1, 0.15) is 17.5 Å². The van der Waals surface area contributed by atoms with E-state index in [0.717, 1.165) is 0 Å². The molecule has 0 aliphatic carbocycles. The number of amides is 2. The highest BCUT2D eigenvalue weighted by molar-refractivity contribution is 7.91. The van der Waals surface area contributed by atoms with E-state index in [4.69, 9.17) is 15.7 Å². The summed E-state index contributed by atoms with van der Waals surface area (Å²) in [4.78, 5) is 24.0. The van der Waals surface area contributed by atoms with Gasteiger partial charge in [0.05, 0.1) is 16.7 Å². The average molecular weight is 436 g/mol. The topological polar surface area (TPSA) is 148 Å². The van der Waals surface area contributed by atoms with E-state index in [-0.39, 0.29) is 10.8 Å². The van der Waals surface area contributed by atoms with Crippen molar-refractivity contribution in [1.29, 1.82) is 0 Å². The molecule has 0 bridgehead atoms. The van der Waals surface area contributed by atoms with Crippen LogP contribution in [0, 0.1) is 5.92 Å². The van der Waals surface area contributed by atoms with E-state index in [1.807, 2.05) is 6.07 Å². The Balaban J connectivity index is 2.15. The van der Waals surface area contributed by atoms with Gasteiger partial charge in [-0.1, -0.05) is 32.0 Å². The van der Waals surface area contributed by atoms with Crippen molar-refractivity contribution in [3.05, 3.63) is 54.6 Å². The van der Waals surface area contributed by atoms with Gasteiger partial charge in [-0.05, 0) is 42.3 Å². The van der Waals surface area contributed by atoms with Crippen molar-refractivity contribution in [3.63, 3.8) is 0 Å². The summed E-state index contributed by atoms with van der Waals surface area (Å²) < 4.78 is 31.1. The summed E-state index contributed by atoms with van der Waals surface area (Å²) in [6.07, 6.45) is 0. The minimum absolute atomic E-state index is 0.0685. The van der Waals surface area contributed by atoms with E-state index >= 15 is 0 Å². The number of hydrogen-bond acceptors (Lipinski definition) is 7. The minimum Gasteiger partial charge on any atom is -0.457 e. The molecule has 0 heterocycles. The van der Waals surface area contributed by atoms with E-state index in [0.29, 0.717) is 11.5 Å². The molecule has 0 radical (unpaired) electrons. The van der Waals surface area contributed by atoms with Crippen LogP contribution < -0.4 is 21.3 Å². The zero-order valence-corrected chi connectivity index (χ0v) is 17.4. The molecule has 5 N–H and O–H groups in total. The van der Waals surface area contributed by atoms with Crippen LogP contribution in [0.5, 0.6) is 11.5 Å². The highest BCUT2D eigenvalue weighted by Gasteiger charge is 2.30. The Labute approximate surface area is 175 Å². The van der Waals surface area contributed by atoms with Crippen LogP contribution in [0.1, 0.15) is 13.8 Å². The lowest BCUT2D eigenvalue weighted by molar-refractivity contribution is -0.134. The van der Waals surface area contributed by atoms with Crippen LogP contribution in [0.3, 0.4) is 0 Å². The minimum atomic E-state index is -3.98. The van der Waals surface area contributed by atoms with Gasteiger partial charge in [0, 0.05) is 0 Å². The number of rotatable bonds is 9. The zero-order valence-electron chi connectivity index (χ0n) is 16.6. The third kappa shape index (κ3) is 6.28. The lowest BCUT2D eigenvalue weighted by atomic mass is 10.0. The summed E-state index contributed by atoms with van der Waals surface area (Å²) in [7, 11) is -3.98. The van der Waals surface area contributed by atoms with Crippen LogP contribution in [0.2, 0.25) is 0 Å². The number of nitrogens with one attached hydrogen (secondary N) is 2. The monoisotopic (exact) mass is 435 g/mol. The standard InChI is InChI=1S/C20H25N3O6S/c1-13(2)18(21)20(25)22-17(19(24)23-26)12-30(27,28)16-10-8-15(9-11-16)29-14-6-4-3-5-7-14/h3-11,13,17-18,26H,12,21H2,1-2H3,(H,22,25)(H,23,24)/t17-,18?/m0/s1. The lowest BCUT2D eigenvalue weighted by Gasteiger charge is -2.21. The normalized spacial score (nSPS) is 13.4. The summed E-state index contributed by atoms with van der Waals surface area (Å²) in [6.45, 7) is 3.42. The largest absolute Gasteiger partial charge is 0.457 e. The first-order valence-electron chi connectivity index (χ1n) is 9.19. The molecule has 2 rings (SSSR count). The van der Waals surface area contributed by atoms with Gasteiger partial charge in [-0.3, -0.25) is 14.8 Å². The Kier molecular flexibility index (Phi) is 7.93. The van der Waals surface area contributed by atoms with Crippen LogP contribution in [0.25, 0.3) is 0 Å². The van der Waals surface area contributed by atoms with Gasteiger partial charge in [0.2, 0.25) is 5.91 Å². The second-order valence-electron chi connectivity index (χ2n) is 6.97. The molecule has 0 fully saturated rings. The average Bonchev–Trinajstić information content (AvgIpc) is 2.73. The molecule has 2 atom stereocenters. The highest BCUT2D eigenvalue weighted by atomic mass is 32.2. The molecule has 162 valence electrons. The smallest absolute Gasteiger partial charge is 0.266 e. The van der Waals surface area contributed by atoms with E-state index in [2.05, 4.69) is 5.32 Å². The molecule has 0 spiro atoms. The molecule has 2 amide bonds. The van der Waals surface area contributed by atoms with Crippen molar-refractivity contribution >= 4 is 21.7 Å². The van der Waals surface area contributed by atoms with Crippen molar-refractivity contribution in [2.75, 3.05) is 5.75 Å². The predicted octanol–water partition coefficient (Wildman–Crippen LogP) is 1.23. The van der Waals surface area contributed by atoms with E-state index in [1.165, 1.54) is 29.7 Å². The van der Waals surface area contributed by atoms with Crippen molar-refractivity contribution in [1.82, 2.24) is 10.8 Å². The molecule has 0 aliphatic rings. The molecule has 0 aliphatic heterocycles. The molecule has 2 aromatic rings. The van der Waals surface area contributed by atoms with E-state index in [1.54, 1.807) is 38.1 Å². The van der Waals surface area contributed by atoms with Gasteiger partial charge in [-0.25, -0.2) is 13.9 Å². The highest BCUT2D eigenvalue weighted by Crippen LogP contribution is 2.23. The van der Waals surface area contributed by atoms with Gasteiger partial charge >= 0.3 is 0 Å². The number of ether oxygens (including phenoxy) is 1. The fraction of sp³-hybridized carbons (Fsp3) is 0.300. The fourth-order valence-corrected chi connectivity index (χ4v) is 3.90. The number of carbonyl (C=O) groups is 2. The first-order chi connectivity index (χ1) is 14.1. The second kappa shape index (κ2) is 10.2. The Morgan fingerprint density at radius 3 is 2.10 bits per heavy atom. The Hall–Kier alpha value is -2.95. The molecule has 0 aromatic heterocycles. The fourth-order valence-electron chi connectivity index (χ4n) is 2.49. The third-order valence-corrected chi connectivity index (χ3v) is 6.07. The van der Waals surface area contributed by atoms with Gasteiger partial charge in [-0.2, -0.15) is 0 Å². The first kappa shape index (κ1) is 23.3. The van der Waals surface area contributed by atoms with Gasteiger partial charge in [-0.15, -0.1) is 0 Å². The lowest BCUT2D eigenvalue weighted by Crippen LogP contribution is -2.54. The third-order valence-electron chi connectivity index (χ3n) is 4.31. The van der Waals surface area contributed by atoms with Gasteiger partial charge in [0.15, 0.2) is 9.84 Å². The zero-order chi connectivity index (χ0) is 22.3. The summed E-state index contributed by atoms with van der Waals surface area (Å²) in [5.74, 6) is -1.71. The van der Waals surface area contributed by atoms with E-state index < -0.39 is 39.5 Å². The van der Waals surface area contributed by atoms with Crippen molar-refractivity contribution in [2.45, 2.75) is 30.8 Å². The Morgan fingerprint density at radius 1 is 1.00 bits per heavy atom. The van der Waals surface area contributed by atoms with Crippen LogP contribution in [-0.2, 0) is 19.4 Å². The number of hydrogen-bond donors (Lipinski definition) is 4. The predicted molar refractivity (Wildman–Crippen MR) is 110 cm³/mol. The van der Waals surface area contributed by atoms with Crippen LogP contribution in [0.4, 0.5) is 0 Å². The number of para-hydroxylation sites is 1. The maximum Gasteiger partial charge on any atom is 0.266 e. The molecular formula is C20H25N3O6S. The maximum absolute atomic E-state index is 12.7. The summed E-state index contributed by atoms with van der Waals surface area (Å²) in [5.41, 5.74) is 7.11. The maximum atomic E-state index is 12.7. The van der Waals surface area contributed by atoms with Crippen molar-refractivity contribution in [3.8, 4) is 11.5 Å². The molecule has 1 unspecified atom stereocenters. The molecule has 10 heteroatoms. The molecular weight excluding hydrogens is 410 g/mol. The number of hydroxylamine groups is 1. The quantitative estimate of drug-likeness (QED) is 0.342. The van der Waals surface area contributed by atoms with Crippen molar-refractivity contribution < 1.29 is 28.0 Å². The number of sulfone groups is 1. The van der Waals surface area contributed by atoms with Crippen molar-refractivity contribution in [2.24, 2.45) is 11.7 Å². The number of nitrogens with two attached hydrogens (primary N) is 1. The van der Waals surface area contributed by atoms with Crippen LogP contribution in [-0.4, -0.2) is 43.3 Å².